The van der Waals surface area contributed by atoms with E-state index >= 15 is 0 Å². The molecule has 1 N–H and O–H groups in total. The Morgan fingerprint density at radius 2 is 2.05 bits per heavy atom. The van der Waals surface area contributed by atoms with Crippen molar-refractivity contribution in [3.05, 3.63) is 24.0 Å². The maximum atomic E-state index is 4.46. The number of hydrogen-bond donors (Lipinski definition) is 1. The first kappa shape index (κ1) is 14.3. The summed E-state index contributed by atoms with van der Waals surface area (Å²) in [5.74, 6) is 0.700. The van der Waals surface area contributed by atoms with Gasteiger partial charge in [0.25, 0.3) is 0 Å². The molecule has 0 aliphatic heterocycles. The van der Waals surface area contributed by atoms with E-state index in [0.29, 0.717) is 12.0 Å². The standard InChI is InChI=1S/C16H27N3/c1-12(2)11-19(15-5-6-15)16-7-8-17-14(9-16)10-18-13(3)4/h7-9,12-13,15,18H,5-6,10-11H2,1-4H3. The van der Waals surface area contributed by atoms with Gasteiger partial charge < -0.3 is 10.2 Å². The Bertz CT molecular complexity index is 397. The third-order valence-corrected chi connectivity index (χ3v) is 3.37. The highest BCUT2D eigenvalue weighted by molar-refractivity contribution is 5.49. The quantitative estimate of drug-likeness (QED) is 0.817. The Hall–Kier alpha value is -1.09. The van der Waals surface area contributed by atoms with Crippen molar-refractivity contribution in [3.63, 3.8) is 0 Å². The van der Waals surface area contributed by atoms with Gasteiger partial charge in [-0.05, 0) is 30.9 Å². The van der Waals surface area contributed by atoms with Crippen molar-refractivity contribution >= 4 is 5.69 Å². The van der Waals surface area contributed by atoms with Crippen molar-refractivity contribution in [1.29, 1.82) is 0 Å². The van der Waals surface area contributed by atoms with Crippen LogP contribution in [-0.4, -0.2) is 23.6 Å². The minimum absolute atomic E-state index is 0.501. The molecule has 0 bridgehead atoms. The van der Waals surface area contributed by atoms with Gasteiger partial charge in [-0.1, -0.05) is 27.7 Å². The van der Waals surface area contributed by atoms with Crippen LogP contribution in [0.15, 0.2) is 18.3 Å². The van der Waals surface area contributed by atoms with Gasteiger partial charge >= 0.3 is 0 Å². The Morgan fingerprint density at radius 3 is 2.63 bits per heavy atom. The zero-order chi connectivity index (χ0) is 13.8. The van der Waals surface area contributed by atoms with E-state index in [1.165, 1.54) is 18.5 Å². The second kappa shape index (κ2) is 6.38. The summed E-state index contributed by atoms with van der Waals surface area (Å²) in [5.41, 5.74) is 2.48. The number of pyridine rings is 1. The molecule has 1 heterocycles. The van der Waals surface area contributed by atoms with Gasteiger partial charge in [0.15, 0.2) is 0 Å². The van der Waals surface area contributed by atoms with E-state index < -0.39 is 0 Å². The molecule has 3 heteroatoms. The first-order valence-electron chi connectivity index (χ1n) is 7.51. The minimum Gasteiger partial charge on any atom is -0.368 e. The second-order valence-corrected chi connectivity index (χ2v) is 6.32. The fourth-order valence-corrected chi connectivity index (χ4v) is 2.29. The van der Waals surface area contributed by atoms with Gasteiger partial charge in [0.05, 0.1) is 5.69 Å². The number of hydrogen-bond acceptors (Lipinski definition) is 3. The third-order valence-electron chi connectivity index (χ3n) is 3.37. The molecular weight excluding hydrogens is 234 g/mol. The largest absolute Gasteiger partial charge is 0.368 e. The number of rotatable bonds is 7. The zero-order valence-corrected chi connectivity index (χ0v) is 12.7. The summed E-state index contributed by atoms with van der Waals surface area (Å²) >= 11 is 0. The van der Waals surface area contributed by atoms with Crippen LogP contribution in [0.2, 0.25) is 0 Å². The van der Waals surface area contributed by atoms with Gasteiger partial charge in [-0.15, -0.1) is 0 Å². The van der Waals surface area contributed by atoms with Gasteiger partial charge in [0, 0.05) is 37.1 Å². The van der Waals surface area contributed by atoms with Gasteiger partial charge in [-0.25, -0.2) is 0 Å². The minimum atomic E-state index is 0.501. The molecule has 1 aromatic heterocycles. The van der Waals surface area contributed by atoms with Gasteiger partial charge in [-0.2, -0.15) is 0 Å². The molecule has 1 aliphatic rings. The molecule has 0 aromatic carbocycles. The third kappa shape index (κ3) is 4.50. The fourth-order valence-electron chi connectivity index (χ4n) is 2.29. The Morgan fingerprint density at radius 1 is 1.32 bits per heavy atom. The van der Waals surface area contributed by atoms with E-state index in [9.17, 15) is 0 Å². The molecule has 1 saturated carbocycles. The van der Waals surface area contributed by atoms with E-state index in [0.717, 1.165) is 24.8 Å². The van der Waals surface area contributed by atoms with Crippen LogP contribution in [0.1, 0.15) is 46.2 Å². The molecule has 2 rings (SSSR count). The number of nitrogens with one attached hydrogen (secondary N) is 1. The molecule has 1 aromatic rings. The van der Waals surface area contributed by atoms with Crippen LogP contribution in [0, 0.1) is 5.92 Å². The maximum Gasteiger partial charge on any atom is 0.0562 e. The summed E-state index contributed by atoms with van der Waals surface area (Å²) in [6.45, 7) is 10.9. The van der Waals surface area contributed by atoms with Crippen LogP contribution in [0.4, 0.5) is 5.69 Å². The average Bonchev–Trinajstić information content (AvgIpc) is 3.18. The van der Waals surface area contributed by atoms with Crippen LogP contribution in [0.25, 0.3) is 0 Å². The highest BCUT2D eigenvalue weighted by Crippen LogP contribution is 2.32. The topological polar surface area (TPSA) is 28.2 Å². The van der Waals surface area contributed by atoms with E-state index in [-0.39, 0.29) is 0 Å². The molecule has 19 heavy (non-hydrogen) atoms. The Kier molecular flexibility index (Phi) is 4.81. The maximum absolute atomic E-state index is 4.46. The molecular formula is C16H27N3. The van der Waals surface area contributed by atoms with Crippen LogP contribution in [-0.2, 0) is 6.54 Å². The first-order chi connectivity index (χ1) is 9.06. The second-order valence-electron chi connectivity index (χ2n) is 6.32. The van der Waals surface area contributed by atoms with Crippen LogP contribution in [0.3, 0.4) is 0 Å². The van der Waals surface area contributed by atoms with E-state index in [1.54, 1.807) is 0 Å². The molecule has 0 radical (unpaired) electrons. The van der Waals surface area contributed by atoms with Crippen molar-refractivity contribution in [2.24, 2.45) is 5.92 Å². The molecule has 3 nitrogen and oxygen atoms in total. The average molecular weight is 261 g/mol. The summed E-state index contributed by atoms with van der Waals surface area (Å²) in [4.78, 5) is 7.02. The molecule has 0 saturated heterocycles. The van der Waals surface area contributed by atoms with E-state index in [2.05, 4.69) is 55.0 Å². The molecule has 0 spiro atoms. The normalized spacial score (nSPS) is 15.3. The zero-order valence-electron chi connectivity index (χ0n) is 12.7. The summed E-state index contributed by atoms with van der Waals surface area (Å²) in [6, 6.07) is 5.66. The molecule has 0 atom stereocenters. The molecule has 106 valence electrons. The lowest BCUT2D eigenvalue weighted by Gasteiger charge is -2.27. The monoisotopic (exact) mass is 261 g/mol. The number of aromatic nitrogens is 1. The summed E-state index contributed by atoms with van der Waals surface area (Å²) in [7, 11) is 0. The van der Waals surface area contributed by atoms with Crippen LogP contribution < -0.4 is 10.2 Å². The smallest absolute Gasteiger partial charge is 0.0562 e. The van der Waals surface area contributed by atoms with Crippen molar-refractivity contribution in [2.45, 2.75) is 59.2 Å². The number of anilines is 1. The predicted octanol–water partition coefficient (Wildman–Crippen LogP) is 3.20. The fraction of sp³-hybridized carbons (Fsp3) is 0.688. The van der Waals surface area contributed by atoms with Crippen LogP contribution in [0.5, 0.6) is 0 Å². The first-order valence-corrected chi connectivity index (χ1v) is 7.51. The Labute approximate surface area is 117 Å². The van der Waals surface area contributed by atoms with Gasteiger partial charge in [0.2, 0.25) is 0 Å². The van der Waals surface area contributed by atoms with E-state index in [4.69, 9.17) is 0 Å². The van der Waals surface area contributed by atoms with Crippen molar-refractivity contribution in [2.75, 3.05) is 11.4 Å². The highest BCUT2D eigenvalue weighted by Gasteiger charge is 2.29. The molecule has 1 fully saturated rings. The lowest BCUT2D eigenvalue weighted by atomic mass is 10.2. The summed E-state index contributed by atoms with van der Waals surface area (Å²) < 4.78 is 0. The summed E-state index contributed by atoms with van der Waals surface area (Å²) in [6.07, 6.45) is 4.63. The van der Waals surface area contributed by atoms with E-state index in [1.807, 2.05) is 6.20 Å². The molecule has 1 aliphatic carbocycles. The SMILES string of the molecule is CC(C)CN(c1ccnc(CNC(C)C)c1)C1CC1. The Balaban J connectivity index is 2.06. The predicted molar refractivity (Wildman–Crippen MR) is 81.4 cm³/mol. The number of nitrogens with zero attached hydrogens (tertiary/aromatic N) is 2. The lowest BCUT2D eigenvalue weighted by Crippen LogP contribution is -2.30. The highest BCUT2D eigenvalue weighted by atomic mass is 15.2. The van der Waals surface area contributed by atoms with Gasteiger partial charge in [0.1, 0.15) is 0 Å². The van der Waals surface area contributed by atoms with Crippen molar-refractivity contribution < 1.29 is 0 Å². The van der Waals surface area contributed by atoms with Gasteiger partial charge in [-0.3, -0.25) is 4.98 Å². The molecule has 0 amide bonds. The van der Waals surface area contributed by atoms with Crippen LogP contribution >= 0.6 is 0 Å². The summed E-state index contributed by atoms with van der Waals surface area (Å²) in [5, 5.41) is 3.43. The lowest BCUT2D eigenvalue weighted by molar-refractivity contribution is 0.580. The molecule has 0 unspecified atom stereocenters. The van der Waals surface area contributed by atoms with Crippen molar-refractivity contribution in [3.8, 4) is 0 Å². The van der Waals surface area contributed by atoms with Crippen molar-refractivity contribution in [1.82, 2.24) is 10.3 Å².